The number of aliphatic carboxylic acids is 1. The first-order valence-corrected chi connectivity index (χ1v) is 8.29. The van der Waals surface area contributed by atoms with Crippen LogP contribution in [0.15, 0.2) is 0 Å². The first-order chi connectivity index (χ1) is 9.01. The topological polar surface area (TPSA) is 104 Å². The molecule has 1 saturated heterocycles. The van der Waals surface area contributed by atoms with E-state index in [2.05, 4.69) is 5.32 Å². The molecule has 1 aliphatic rings. The average molecular weight is 306 g/mol. The van der Waals surface area contributed by atoms with Crippen molar-refractivity contribution in [3.05, 3.63) is 0 Å². The van der Waals surface area contributed by atoms with Gasteiger partial charge in [-0.15, -0.1) is 0 Å². The van der Waals surface area contributed by atoms with Crippen LogP contribution in [0.3, 0.4) is 0 Å². The lowest BCUT2D eigenvalue weighted by Gasteiger charge is -2.36. The number of nitrogens with one attached hydrogen (secondary N) is 1. The quantitative estimate of drug-likeness (QED) is 0.724. The molecule has 116 valence electrons. The molecule has 8 heteroatoms. The molecule has 0 spiro atoms. The Bertz CT molecular complexity index is 481. The second kappa shape index (κ2) is 6.09. The summed E-state index contributed by atoms with van der Waals surface area (Å²) in [6.07, 6.45) is -0.0101. The molecule has 7 nitrogen and oxygen atoms in total. The molecule has 1 rings (SSSR count). The molecule has 1 unspecified atom stereocenters. The van der Waals surface area contributed by atoms with Crippen molar-refractivity contribution in [1.82, 2.24) is 10.2 Å². The van der Waals surface area contributed by atoms with Crippen molar-refractivity contribution in [2.24, 2.45) is 0 Å². The van der Waals surface area contributed by atoms with Gasteiger partial charge in [0.2, 0.25) is 5.91 Å². The molecule has 0 aromatic heterocycles. The Hall–Kier alpha value is -1.15. The van der Waals surface area contributed by atoms with Gasteiger partial charge in [0, 0.05) is 24.5 Å². The van der Waals surface area contributed by atoms with Crippen molar-refractivity contribution in [1.29, 1.82) is 0 Å². The molecule has 1 fully saturated rings. The smallest absolute Gasteiger partial charge is 0.323 e. The van der Waals surface area contributed by atoms with Crippen LogP contribution in [-0.4, -0.2) is 66.5 Å². The van der Waals surface area contributed by atoms with Gasteiger partial charge < -0.3 is 15.3 Å². The summed E-state index contributed by atoms with van der Waals surface area (Å²) in [4.78, 5) is 24.3. The zero-order valence-corrected chi connectivity index (χ0v) is 12.9. The fourth-order valence-corrected chi connectivity index (χ4v) is 3.60. The third-order valence-electron chi connectivity index (χ3n) is 3.13. The number of nitrogens with zero attached hydrogens (tertiary/aromatic N) is 1. The van der Waals surface area contributed by atoms with E-state index in [1.54, 1.807) is 20.8 Å². The van der Waals surface area contributed by atoms with E-state index in [-0.39, 0.29) is 30.4 Å². The molecule has 2 N–H and O–H groups in total. The van der Waals surface area contributed by atoms with Crippen molar-refractivity contribution in [3.8, 4) is 0 Å². The lowest BCUT2D eigenvalue weighted by atomic mass is 10.0. The number of amides is 1. The Morgan fingerprint density at radius 2 is 1.95 bits per heavy atom. The molecule has 20 heavy (non-hydrogen) atoms. The number of carbonyl (C=O) groups excluding carboxylic acids is 1. The predicted octanol–water partition coefficient (Wildman–Crippen LogP) is -0.525. The van der Waals surface area contributed by atoms with E-state index in [0.29, 0.717) is 6.54 Å². The van der Waals surface area contributed by atoms with Crippen LogP contribution in [-0.2, 0) is 19.4 Å². The Kier molecular flexibility index (Phi) is 5.15. The molecule has 1 aliphatic heterocycles. The zero-order valence-electron chi connectivity index (χ0n) is 12.0. The van der Waals surface area contributed by atoms with Crippen LogP contribution in [0.1, 0.15) is 27.2 Å². The second-order valence-electron chi connectivity index (χ2n) is 6.01. The van der Waals surface area contributed by atoms with E-state index < -0.39 is 27.4 Å². The van der Waals surface area contributed by atoms with Crippen LogP contribution < -0.4 is 5.32 Å². The Labute approximate surface area is 119 Å². The van der Waals surface area contributed by atoms with Gasteiger partial charge >= 0.3 is 5.97 Å². The molecule has 0 radical (unpaired) electrons. The highest BCUT2D eigenvalue weighted by molar-refractivity contribution is 7.91. The second-order valence-corrected chi connectivity index (χ2v) is 8.24. The van der Waals surface area contributed by atoms with Gasteiger partial charge in [0.15, 0.2) is 9.84 Å². The fraction of sp³-hybridized carbons (Fsp3) is 0.833. The predicted molar refractivity (Wildman–Crippen MR) is 74.2 cm³/mol. The number of rotatable bonds is 4. The Morgan fingerprint density at radius 3 is 2.40 bits per heavy atom. The maximum atomic E-state index is 12.2. The molecule has 0 saturated carbocycles. The summed E-state index contributed by atoms with van der Waals surface area (Å²) < 4.78 is 23.1. The minimum absolute atomic E-state index is 0.0101. The number of carbonyl (C=O) groups is 2. The van der Waals surface area contributed by atoms with Crippen molar-refractivity contribution >= 4 is 21.7 Å². The van der Waals surface area contributed by atoms with Crippen molar-refractivity contribution < 1.29 is 23.1 Å². The van der Waals surface area contributed by atoms with E-state index in [9.17, 15) is 18.0 Å². The lowest BCUT2D eigenvalue weighted by molar-refractivity contribution is -0.148. The molecule has 1 amide bonds. The maximum absolute atomic E-state index is 12.2. The van der Waals surface area contributed by atoms with Crippen LogP contribution in [0.5, 0.6) is 0 Å². The minimum Gasteiger partial charge on any atom is -0.480 e. The third-order valence-corrected chi connectivity index (χ3v) is 4.86. The lowest BCUT2D eigenvalue weighted by Crippen LogP contribution is -2.52. The van der Waals surface area contributed by atoms with E-state index in [4.69, 9.17) is 5.11 Å². The van der Waals surface area contributed by atoms with Crippen LogP contribution in [0.2, 0.25) is 0 Å². The molecule has 0 aromatic carbocycles. The van der Waals surface area contributed by atoms with Crippen LogP contribution in [0.4, 0.5) is 0 Å². The van der Waals surface area contributed by atoms with Crippen molar-refractivity contribution in [2.45, 2.75) is 38.8 Å². The molecule has 0 bridgehead atoms. The minimum atomic E-state index is -3.11. The van der Waals surface area contributed by atoms with E-state index >= 15 is 0 Å². The number of carboxylic acids is 1. The summed E-state index contributed by atoms with van der Waals surface area (Å²) in [5, 5.41) is 11.9. The SMILES string of the molecule is CC(C)(C)N(CC(=O)O)C(=O)CC1CS(=O)(=O)CCN1. The molecule has 1 heterocycles. The van der Waals surface area contributed by atoms with Gasteiger partial charge in [-0.2, -0.15) is 0 Å². The Morgan fingerprint density at radius 1 is 1.35 bits per heavy atom. The van der Waals surface area contributed by atoms with Gasteiger partial charge in [0.05, 0.1) is 11.5 Å². The highest BCUT2D eigenvalue weighted by Gasteiger charge is 2.32. The number of hydrogen-bond donors (Lipinski definition) is 2. The van der Waals surface area contributed by atoms with Gasteiger partial charge in [0.1, 0.15) is 6.54 Å². The standard InChI is InChI=1S/C12H22N2O5S/c1-12(2,3)14(7-11(16)17)10(15)6-9-8-20(18,19)5-4-13-9/h9,13H,4-8H2,1-3H3,(H,16,17). The highest BCUT2D eigenvalue weighted by Crippen LogP contribution is 2.16. The summed E-state index contributed by atoms with van der Waals surface area (Å²) >= 11 is 0. The first kappa shape index (κ1) is 16.9. The van der Waals surface area contributed by atoms with Gasteiger partial charge in [-0.25, -0.2) is 8.42 Å². The van der Waals surface area contributed by atoms with E-state index in [0.717, 1.165) is 0 Å². The average Bonchev–Trinajstić information content (AvgIpc) is 2.22. The normalized spacial score (nSPS) is 22.2. The third kappa shape index (κ3) is 5.09. The Balaban J connectivity index is 2.73. The summed E-state index contributed by atoms with van der Waals surface area (Å²) in [5.74, 6) is -1.44. The van der Waals surface area contributed by atoms with Crippen LogP contribution >= 0.6 is 0 Å². The molecule has 0 aliphatic carbocycles. The van der Waals surface area contributed by atoms with Gasteiger partial charge in [-0.3, -0.25) is 9.59 Å². The largest absolute Gasteiger partial charge is 0.480 e. The van der Waals surface area contributed by atoms with Crippen molar-refractivity contribution in [3.63, 3.8) is 0 Å². The van der Waals surface area contributed by atoms with Gasteiger partial charge in [-0.1, -0.05) is 0 Å². The number of sulfone groups is 1. The molecule has 0 aromatic rings. The van der Waals surface area contributed by atoms with Crippen molar-refractivity contribution in [2.75, 3.05) is 24.6 Å². The zero-order chi connectivity index (χ0) is 15.6. The molecular weight excluding hydrogens is 284 g/mol. The van der Waals surface area contributed by atoms with Gasteiger partial charge in [-0.05, 0) is 20.8 Å². The maximum Gasteiger partial charge on any atom is 0.323 e. The van der Waals surface area contributed by atoms with E-state index in [1.807, 2.05) is 0 Å². The first-order valence-electron chi connectivity index (χ1n) is 6.47. The van der Waals surface area contributed by atoms with Gasteiger partial charge in [0.25, 0.3) is 0 Å². The number of hydrogen-bond acceptors (Lipinski definition) is 5. The summed E-state index contributed by atoms with van der Waals surface area (Å²) in [5.41, 5.74) is -0.622. The summed E-state index contributed by atoms with van der Waals surface area (Å²) in [6, 6.07) is -0.445. The number of carboxylic acid groups (broad SMARTS) is 1. The summed E-state index contributed by atoms with van der Waals surface area (Å²) in [7, 11) is -3.11. The fourth-order valence-electron chi connectivity index (χ4n) is 2.15. The highest BCUT2D eigenvalue weighted by atomic mass is 32.2. The van der Waals surface area contributed by atoms with E-state index in [1.165, 1.54) is 4.90 Å². The monoisotopic (exact) mass is 306 g/mol. The van der Waals surface area contributed by atoms with Crippen LogP contribution in [0, 0.1) is 0 Å². The summed E-state index contributed by atoms with van der Waals surface area (Å²) in [6.45, 7) is 5.19. The molecule has 1 atom stereocenters. The molecular formula is C12H22N2O5S. The van der Waals surface area contributed by atoms with Crippen LogP contribution in [0.25, 0.3) is 0 Å².